The Bertz CT molecular complexity index is 446. The first kappa shape index (κ1) is 16.4. The molecule has 0 unspecified atom stereocenters. The number of ether oxygens (including phenoxy) is 1. The van der Waals surface area contributed by atoms with Crippen molar-refractivity contribution in [3.8, 4) is 0 Å². The van der Waals surface area contributed by atoms with Gasteiger partial charge in [-0.2, -0.15) is 5.48 Å². The quantitative estimate of drug-likeness (QED) is 0.477. The molecule has 1 rings (SSSR count). The molecule has 2 N–H and O–H groups in total. The summed E-state index contributed by atoms with van der Waals surface area (Å²) in [6, 6.07) is 7.24. The Morgan fingerprint density at radius 3 is 2.45 bits per heavy atom. The second-order valence-corrected chi connectivity index (χ2v) is 5.75. The van der Waals surface area contributed by atoms with E-state index in [1.165, 1.54) is 11.6 Å². The molecule has 0 aromatic heterocycles. The summed E-state index contributed by atoms with van der Waals surface area (Å²) in [6.45, 7) is 10.0. The predicted molar refractivity (Wildman–Crippen MR) is 78.7 cm³/mol. The van der Waals surface area contributed by atoms with E-state index in [9.17, 15) is 4.79 Å². The Morgan fingerprint density at radius 2 is 2.00 bits per heavy atom. The van der Waals surface area contributed by atoms with Crippen LogP contribution in [0.5, 0.6) is 0 Å². The molecule has 0 aliphatic carbocycles. The number of benzene rings is 1. The van der Waals surface area contributed by atoms with Gasteiger partial charge in [0.25, 0.3) is 0 Å². The van der Waals surface area contributed by atoms with E-state index in [1.807, 2.05) is 29.7 Å². The molecule has 1 atom stereocenters. The van der Waals surface area contributed by atoms with Crippen LogP contribution in [0.3, 0.4) is 0 Å². The van der Waals surface area contributed by atoms with E-state index in [1.54, 1.807) is 0 Å². The number of nitrogens with one attached hydrogen (secondary N) is 1. The van der Waals surface area contributed by atoms with Crippen molar-refractivity contribution >= 4 is 5.97 Å². The highest BCUT2D eigenvalue weighted by Crippen LogP contribution is 2.22. The topological polar surface area (TPSA) is 58.6 Å². The summed E-state index contributed by atoms with van der Waals surface area (Å²) in [4.78, 5) is 11.7. The lowest BCUT2D eigenvalue weighted by Gasteiger charge is -2.19. The number of carbonyl (C=O) groups excluding carboxylic acids is 1. The fourth-order valence-electron chi connectivity index (χ4n) is 1.80. The van der Waals surface area contributed by atoms with Crippen LogP contribution in [0.1, 0.15) is 31.9 Å². The van der Waals surface area contributed by atoms with Gasteiger partial charge in [0.05, 0.1) is 0 Å². The van der Waals surface area contributed by atoms with E-state index in [4.69, 9.17) is 9.94 Å². The van der Waals surface area contributed by atoms with Gasteiger partial charge in [-0.25, -0.2) is 0 Å². The number of rotatable bonds is 6. The third-order valence-corrected chi connectivity index (χ3v) is 3.04. The summed E-state index contributed by atoms with van der Waals surface area (Å²) in [6.07, 6.45) is 1.86. The molecule has 0 fully saturated rings. The Labute approximate surface area is 120 Å². The zero-order valence-corrected chi connectivity index (χ0v) is 12.3. The first-order chi connectivity index (χ1) is 9.38. The molecule has 0 heterocycles. The Balaban J connectivity index is 2.71. The van der Waals surface area contributed by atoms with Crippen LogP contribution in [0.15, 0.2) is 36.9 Å². The highest BCUT2D eigenvalue weighted by molar-refractivity contribution is 5.76. The summed E-state index contributed by atoms with van der Waals surface area (Å²) < 4.78 is 4.91. The Morgan fingerprint density at radius 1 is 1.40 bits per heavy atom. The van der Waals surface area contributed by atoms with Gasteiger partial charge in [0.1, 0.15) is 12.6 Å². The normalized spacial score (nSPS) is 12.8. The van der Waals surface area contributed by atoms with Crippen LogP contribution in [-0.2, 0) is 21.4 Å². The van der Waals surface area contributed by atoms with Crippen molar-refractivity contribution in [1.29, 1.82) is 0 Å². The van der Waals surface area contributed by atoms with Crippen molar-refractivity contribution in [2.75, 3.05) is 6.61 Å². The minimum Gasteiger partial charge on any atom is -0.460 e. The van der Waals surface area contributed by atoms with Crippen LogP contribution in [-0.4, -0.2) is 23.8 Å². The molecule has 110 valence electrons. The fourth-order valence-corrected chi connectivity index (χ4v) is 1.80. The molecular formula is C16H23NO3. The summed E-state index contributed by atoms with van der Waals surface area (Å²) in [5.74, 6) is -0.493. The third-order valence-electron chi connectivity index (χ3n) is 3.04. The highest BCUT2D eigenvalue weighted by Gasteiger charge is 2.20. The van der Waals surface area contributed by atoms with Crippen LogP contribution >= 0.6 is 0 Å². The average molecular weight is 277 g/mol. The van der Waals surface area contributed by atoms with Crippen molar-refractivity contribution in [1.82, 2.24) is 5.48 Å². The molecule has 0 saturated heterocycles. The molecule has 0 aliphatic rings. The minimum atomic E-state index is -0.768. The first-order valence-electron chi connectivity index (χ1n) is 6.65. The largest absolute Gasteiger partial charge is 0.460 e. The maximum Gasteiger partial charge on any atom is 0.326 e. The molecule has 20 heavy (non-hydrogen) atoms. The standard InChI is InChI=1S/C16H23NO3/c1-5-10-20-15(18)14(17-19)11-12-6-8-13(9-7-12)16(2,3)4/h5-9,14,17,19H,1,10-11H2,2-4H3/t14-/m0/s1. The number of hydrogen-bond donors (Lipinski definition) is 2. The molecule has 4 heteroatoms. The van der Waals surface area contributed by atoms with E-state index in [-0.39, 0.29) is 12.0 Å². The van der Waals surface area contributed by atoms with Crippen molar-refractivity contribution in [3.05, 3.63) is 48.0 Å². The molecule has 1 aromatic carbocycles. The zero-order valence-electron chi connectivity index (χ0n) is 12.3. The van der Waals surface area contributed by atoms with E-state index < -0.39 is 12.0 Å². The highest BCUT2D eigenvalue weighted by atomic mass is 16.5. The van der Waals surface area contributed by atoms with Crippen molar-refractivity contribution in [2.45, 2.75) is 38.6 Å². The van der Waals surface area contributed by atoms with Crippen LogP contribution in [0.2, 0.25) is 0 Å². The number of hydrogen-bond acceptors (Lipinski definition) is 4. The van der Waals surface area contributed by atoms with E-state index >= 15 is 0 Å². The molecule has 0 aliphatic heterocycles. The Kier molecular flexibility index (Phi) is 5.92. The summed E-state index contributed by atoms with van der Waals surface area (Å²) in [7, 11) is 0. The lowest BCUT2D eigenvalue weighted by atomic mass is 9.86. The van der Waals surface area contributed by atoms with Crippen molar-refractivity contribution < 1.29 is 14.7 Å². The maximum atomic E-state index is 11.7. The molecule has 0 amide bonds. The van der Waals surface area contributed by atoms with Crippen LogP contribution in [0, 0.1) is 0 Å². The lowest BCUT2D eigenvalue weighted by Crippen LogP contribution is -2.37. The van der Waals surface area contributed by atoms with Crippen molar-refractivity contribution in [2.24, 2.45) is 0 Å². The van der Waals surface area contributed by atoms with Crippen LogP contribution < -0.4 is 5.48 Å². The van der Waals surface area contributed by atoms with Crippen LogP contribution in [0.4, 0.5) is 0 Å². The third kappa shape index (κ3) is 4.79. The van der Waals surface area contributed by atoms with Gasteiger partial charge < -0.3 is 9.94 Å². The smallest absolute Gasteiger partial charge is 0.326 e. The van der Waals surface area contributed by atoms with Gasteiger partial charge in [-0.05, 0) is 16.5 Å². The second-order valence-electron chi connectivity index (χ2n) is 5.75. The molecule has 0 bridgehead atoms. The monoisotopic (exact) mass is 277 g/mol. The average Bonchev–Trinajstić information content (AvgIpc) is 2.41. The van der Waals surface area contributed by atoms with Crippen molar-refractivity contribution in [3.63, 3.8) is 0 Å². The summed E-state index contributed by atoms with van der Waals surface area (Å²) >= 11 is 0. The predicted octanol–water partition coefficient (Wildman–Crippen LogP) is 2.60. The molecule has 0 saturated carbocycles. The van der Waals surface area contributed by atoms with Gasteiger partial charge in [0.2, 0.25) is 0 Å². The van der Waals surface area contributed by atoms with E-state index in [0.29, 0.717) is 6.42 Å². The number of hydroxylamine groups is 1. The lowest BCUT2D eigenvalue weighted by molar-refractivity contribution is -0.147. The SMILES string of the molecule is C=CCOC(=O)[C@H](Cc1ccc(C(C)(C)C)cc1)NO. The van der Waals surface area contributed by atoms with Gasteiger partial charge >= 0.3 is 5.97 Å². The summed E-state index contributed by atoms with van der Waals surface area (Å²) in [5.41, 5.74) is 4.27. The van der Waals surface area contributed by atoms with Gasteiger partial charge in [0, 0.05) is 6.42 Å². The summed E-state index contributed by atoms with van der Waals surface area (Å²) in [5, 5.41) is 9.06. The molecule has 1 aromatic rings. The Hall–Kier alpha value is -1.65. The van der Waals surface area contributed by atoms with E-state index in [0.717, 1.165) is 5.56 Å². The number of carbonyl (C=O) groups is 1. The maximum absolute atomic E-state index is 11.7. The minimum absolute atomic E-state index is 0.0933. The van der Waals surface area contributed by atoms with Gasteiger partial charge in [0.15, 0.2) is 0 Å². The van der Waals surface area contributed by atoms with Gasteiger partial charge in [-0.15, -0.1) is 0 Å². The van der Waals surface area contributed by atoms with Crippen LogP contribution in [0.25, 0.3) is 0 Å². The fraction of sp³-hybridized carbons (Fsp3) is 0.438. The number of esters is 1. The molecule has 4 nitrogen and oxygen atoms in total. The van der Waals surface area contributed by atoms with Gasteiger partial charge in [-0.1, -0.05) is 57.7 Å². The first-order valence-corrected chi connectivity index (χ1v) is 6.65. The molecular weight excluding hydrogens is 254 g/mol. The molecule has 0 spiro atoms. The molecule has 0 radical (unpaired) electrons. The second kappa shape index (κ2) is 7.22. The zero-order chi connectivity index (χ0) is 15.2. The van der Waals surface area contributed by atoms with Gasteiger partial charge in [-0.3, -0.25) is 4.79 Å². The van der Waals surface area contributed by atoms with E-state index in [2.05, 4.69) is 27.4 Å².